The molecule has 6 nitrogen and oxygen atoms in total. The van der Waals surface area contributed by atoms with Gasteiger partial charge in [0.1, 0.15) is 11.5 Å². The molecule has 7 rings (SSSR count). The number of Topliss-reactive ketones (excluding diaryl/α,β-unsaturated/α-hetero) is 1. The van der Waals surface area contributed by atoms with Gasteiger partial charge in [-0.3, -0.25) is 4.79 Å². The van der Waals surface area contributed by atoms with E-state index in [1.54, 1.807) is 11.3 Å². The smallest absolute Gasteiger partial charge is 0.208 e. The predicted molar refractivity (Wildman–Crippen MR) is 105 cm³/mol. The van der Waals surface area contributed by atoms with Gasteiger partial charge in [-0.05, 0) is 43.1 Å². The molecular weight excluding hydrogens is 390 g/mol. The SMILES string of the molecule is C=C1C(=O)[C@]23[C@H](O)[C@H]1CC[C@H]2[C@@]12CO[C@]3(O)[C@@H](O)[C@@H]1C(C)(C)Cc1sc(C)nc12. The van der Waals surface area contributed by atoms with Crippen molar-refractivity contribution in [3.63, 3.8) is 0 Å². The van der Waals surface area contributed by atoms with Gasteiger partial charge in [0.2, 0.25) is 5.79 Å². The molecule has 8 atom stereocenters. The molecule has 1 aromatic heterocycles. The van der Waals surface area contributed by atoms with E-state index < -0.39 is 28.8 Å². The molecular formula is C22H27NO5S. The molecule has 3 N–H and O–H groups in total. The fourth-order valence-corrected chi connectivity index (χ4v) is 9.48. The third-order valence-corrected chi connectivity index (χ3v) is 9.97. The van der Waals surface area contributed by atoms with Gasteiger partial charge in [-0.15, -0.1) is 11.3 Å². The Hall–Kier alpha value is -1.12. The second-order valence-corrected chi connectivity index (χ2v) is 11.8. The van der Waals surface area contributed by atoms with Crippen LogP contribution in [0.1, 0.15) is 42.3 Å². The van der Waals surface area contributed by atoms with Crippen LogP contribution in [0.25, 0.3) is 0 Å². The molecule has 3 saturated carbocycles. The molecule has 4 bridgehead atoms. The van der Waals surface area contributed by atoms with Gasteiger partial charge in [0, 0.05) is 22.1 Å². The minimum absolute atomic E-state index is 0.203. The van der Waals surface area contributed by atoms with Gasteiger partial charge >= 0.3 is 0 Å². The Morgan fingerprint density at radius 1 is 1.24 bits per heavy atom. The molecule has 2 spiro atoms. The van der Waals surface area contributed by atoms with E-state index in [-0.39, 0.29) is 35.6 Å². The first-order valence-corrected chi connectivity index (χ1v) is 11.3. The Balaban J connectivity index is 1.71. The summed E-state index contributed by atoms with van der Waals surface area (Å²) in [4.78, 5) is 19.7. The van der Waals surface area contributed by atoms with Crippen molar-refractivity contribution >= 4 is 17.1 Å². The molecule has 29 heavy (non-hydrogen) atoms. The van der Waals surface area contributed by atoms with Crippen molar-refractivity contribution in [3.05, 3.63) is 27.7 Å². The van der Waals surface area contributed by atoms with Crippen molar-refractivity contribution in [2.75, 3.05) is 6.61 Å². The van der Waals surface area contributed by atoms with Crippen molar-refractivity contribution in [3.8, 4) is 0 Å². The number of nitrogens with zero attached hydrogens (tertiary/aromatic N) is 1. The summed E-state index contributed by atoms with van der Waals surface area (Å²) in [5.74, 6) is -3.50. The number of thiazole rings is 1. The summed E-state index contributed by atoms with van der Waals surface area (Å²) in [6, 6.07) is 0. The fraction of sp³-hybridized carbons (Fsp3) is 0.727. The second kappa shape index (κ2) is 5.02. The number of aliphatic hydroxyl groups is 3. The van der Waals surface area contributed by atoms with E-state index in [0.717, 1.165) is 17.1 Å². The molecule has 156 valence electrons. The first-order valence-electron chi connectivity index (χ1n) is 10.5. The minimum atomic E-state index is -2.11. The van der Waals surface area contributed by atoms with E-state index in [4.69, 9.17) is 9.72 Å². The molecule has 0 unspecified atom stereocenters. The summed E-state index contributed by atoms with van der Waals surface area (Å²) in [6.07, 6.45) is -0.308. The van der Waals surface area contributed by atoms with Crippen LogP contribution in [-0.4, -0.2) is 50.7 Å². The highest BCUT2D eigenvalue weighted by atomic mass is 32.1. The number of rotatable bonds is 0. The Kier molecular flexibility index (Phi) is 3.23. The number of ether oxygens (including phenoxy) is 1. The number of aromatic nitrogens is 1. The number of ketones is 1. The molecule has 4 aliphatic carbocycles. The maximum atomic E-state index is 13.6. The maximum absolute atomic E-state index is 13.6. The lowest BCUT2D eigenvalue weighted by Crippen LogP contribution is -2.85. The van der Waals surface area contributed by atoms with Gasteiger partial charge in [0.25, 0.3) is 0 Å². The minimum Gasteiger partial charge on any atom is -0.391 e. The highest BCUT2D eigenvalue weighted by Crippen LogP contribution is 2.75. The Morgan fingerprint density at radius 3 is 2.69 bits per heavy atom. The number of aryl methyl sites for hydroxylation is 1. The quantitative estimate of drug-likeness (QED) is 0.553. The van der Waals surface area contributed by atoms with Crippen molar-refractivity contribution in [2.24, 2.45) is 28.6 Å². The number of hydrogen-bond acceptors (Lipinski definition) is 7. The summed E-state index contributed by atoms with van der Waals surface area (Å²) in [7, 11) is 0. The van der Waals surface area contributed by atoms with Crippen molar-refractivity contribution in [1.82, 2.24) is 4.98 Å². The number of carbonyl (C=O) groups is 1. The predicted octanol–water partition coefficient (Wildman–Crippen LogP) is 1.49. The lowest BCUT2D eigenvalue weighted by atomic mass is 9.36. The molecule has 1 aromatic rings. The number of fused-ring (bicyclic) bond motifs is 3. The van der Waals surface area contributed by atoms with Gasteiger partial charge in [0.05, 0.1) is 23.4 Å². The second-order valence-electron chi connectivity index (χ2n) is 10.5. The number of hydrogen-bond donors (Lipinski definition) is 3. The molecule has 2 saturated heterocycles. The van der Waals surface area contributed by atoms with Gasteiger partial charge in [-0.25, -0.2) is 4.98 Å². The van der Waals surface area contributed by atoms with Crippen molar-refractivity contribution in [2.45, 2.75) is 63.4 Å². The van der Waals surface area contributed by atoms with Gasteiger partial charge in [-0.2, -0.15) is 0 Å². The molecule has 0 aromatic carbocycles. The third-order valence-electron chi connectivity index (χ3n) is 9.00. The van der Waals surface area contributed by atoms with Crippen LogP contribution in [0.15, 0.2) is 12.2 Å². The van der Waals surface area contributed by atoms with Crippen LogP contribution in [0.3, 0.4) is 0 Å². The molecule has 6 aliphatic rings. The standard InChI is InChI=1S/C22H27NO5S/c1-9-11-5-6-13-20-8-28-22(27,21(13,16(9)24)17(11)25)18(26)14(20)19(3,4)7-12-15(20)23-10(2)29-12/h11,13-14,17-18,25-27H,1,5-8H2,2-4H3/t11-,13-,14+,17+,18-,20-,21-,22+/m0/s1. The highest BCUT2D eigenvalue weighted by Gasteiger charge is 2.86. The molecule has 3 heterocycles. The zero-order chi connectivity index (χ0) is 20.7. The van der Waals surface area contributed by atoms with Crippen molar-refractivity contribution in [1.29, 1.82) is 0 Å². The average Bonchev–Trinajstić information content (AvgIpc) is 3.05. The van der Waals surface area contributed by atoms with Crippen LogP contribution in [0, 0.1) is 35.5 Å². The first kappa shape index (κ1) is 18.6. The van der Waals surface area contributed by atoms with E-state index in [2.05, 4.69) is 20.4 Å². The largest absolute Gasteiger partial charge is 0.391 e. The topological polar surface area (TPSA) is 99.9 Å². The lowest BCUT2D eigenvalue weighted by molar-refractivity contribution is -0.429. The monoisotopic (exact) mass is 417 g/mol. The molecule has 0 radical (unpaired) electrons. The summed E-state index contributed by atoms with van der Waals surface area (Å²) in [6.45, 7) is 10.4. The molecule has 2 aliphatic heterocycles. The maximum Gasteiger partial charge on any atom is 0.208 e. The van der Waals surface area contributed by atoms with Crippen LogP contribution in [0.5, 0.6) is 0 Å². The Morgan fingerprint density at radius 2 is 1.97 bits per heavy atom. The molecule has 5 fully saturated rings. The third kappa shape index (κ3) is 1.64. The molecule has 7 heteroatoms. The van der Waals surface area contributed by atoms with Crippen LogP contribution in [0.4, 0.5) is 0 Å². The summed E-state index contributed by atoms with van der Waals surface area (Å²) < 4.78 is 6.02. The van der Waals surface area contributed by atoms with Crippen LogP contribution in [-0.2, 0) is 21.4 Å². The average molecular weight is 418 g/mol. The Labute approximate surface area is 173 Å². The van der Waals surface area contributed by atoms with Crippen LogP contribution in [0.2, 0.25) is 0 Å². The van der Waals surface area contributed by atoms with Gasteiger partial charge in [-0.1, -0.05) is 20.4 Å². The fourth-order valence-electron chi connectivity index (χ4n) is 8.21. The van der Waals surface area contributed by atoms with E-state index in [1.807, 2.05) is 6.92 Å². The number of carbonyl (C=O) groups excluding carboxylic acids is 1. The van der Waals surface area contributed by atoms with Gasteiger partial charge < -0.3 is 20.1 Å². The summed E-state index contributed by atoms with van der Waals surface area (Å²) in [5.41, 5.74) is -1.34. The van der Waals surface area contributed by atoms with Crippen LogP contribution >= 0.6 is 11.3 Å². The first-order chi connectivity index (χ1) is 13.5. The zero-order valence-electron chi connectivity index (χ0n) is 16.9. The summed E-state index contributed by atoms with van der Waals surface area (Å²) in [5, 5.41) is 35.7. The van der Waals surface area contributed by atoms with E-state index in [9.17, 15) is 20.1 Å². The number of aliphatic hydroxyl groups excluding tert-OH is 2. The van der Waals surface area contributed by atoms with E-state index in [0.29, 0.717) is 18.4 Å². The summed E-state index contributed by atoms with van der Waals surface area (Å²) >= 11 is 1.66. The lowest BCUT2D eigenvalue weighted by Gasteiger charge is -2.73. The van der Waals surface area contributed by atoms with Crippen molar-refractivity contribution < 1.29 is 24.9 Å². The van der Waals surface area contributed by atoms with E-state index in [1.165, 1.54) is 4.88 Å². The Bertz CT molecular complexity index is 986. The van der Waals surface area contributed by atoms with Crippen LogP contribution < -0.4 is 0 Å². The zero-order valence-corrected chi connectivity index (χ0v) is 17.8. The van der Waals surface area contributed by atoms with E-state index >= 15 is 0 Å². The highest BCUT2D eigenvalue weighted by molar-refractivity contribution is 7.11. The normalized spacial score (nSPS) is 51.6. The molecule has 0 amide bonds. The van der Waals surface area contributed by atoms with Gasteiger partial charge in [0.15, 0.2) is 5.78 Å².